The van der Waals surface area contributed by atoms with Crippen LogP contribution in [0, 0.1) is 22.7 Å². The largest absolute Gasteiger partial charge is 0.444 e. The third-order valence-electron chi connectivity index (χ3n) is 7.80. The fourth-order valence-electron chi connectivity index (χ4n) is 5.46. The molecule has 0 saturated heterocycles. The Morgan fingerprint density at radius 2 is 1.95 bits per heavy atom. The van der Waals surface area contributed by atoms with Crippen molar-refractivity contribution < 1.29 is 27.1 Å². The van der Waals surface area contributed by atoms with Gasteiger partial charge in [0.2, 0.25) is 5.92 Å². The minimum atomic E-state index is -3.14. The number of alkyl halides is 4. The Balaban J connectivity index is 1.65. The molecule has 2 saturated carbocycles. The summed E-state index contributed by atoms with van der Waals surface area (Å²) in [5.41, 5.74) is 4.89. The SMILES string of the molecule is CC(C)(C)OC(=O)N[C@H](c1cn2ncc([C@H](NCC(F)(F)CN)C3(C#N)CCC3)cc2n1)C1CCC(F)(F)CC1. The number of carbonyl (C=O) groups is 1. The van der Waals surface area contributed by atoms with Crippen LogP contribution in [0.15, 0.2) is 18.5 Å². The first-order valence-corrected chi connectivity index (χ1v) is 13.6. The molecular formula is C27H37F4N7O2. The van der Waals surface area contributed by atoms with Gasteiger partial charge in [-0.2, -0.15) is 10.4 Å². The predicted molar refractivity (Wildman–Crippen MR) is 139 cm³/mol. The molecule has 0 radical (unpaired) electrons. The van der Waals surface area contributed by atoms with E-state index in [1.807, 2.05) is 0 Å². The molecule has 2 aliphatic rings. The van der Waals surface area contributed by atoms with Crippen molar-refractivity contribution in [1.82, 2.24) is 25.2 Å². The number of imidazole rings is 1. The van der Waals surface area contributed by atoms with Crippen molar-refractivity contribution in [3.05, 3.63) is 29.7 Å². The van der Waals surface area contributed by atoms with Crippen LogP contribution in [0.4, 0.5) is 22.4 Å². The van der Waals surface area contributed by atoms with Crippen LogP contribution in [0.3, 0.4) is 0 Å². The number of amides is 1. The molecule has 220 valence electrons. The number of nitrogens with one attached hydrogen (secondary N) is 2. The molecule has 13 heteroatoms. The van der Waals surface area contributed by atoms with E-state index in [0.29, 0.717) is 29.7 Å². The maximum Gasteiger partial charge on any atom is 0.408 e. The van der Waals surface area contributed by atoms with E-state index in [1.54, 1.807) is 33.0 Å². The van der Waals surface area contributed by atoms with Gasteiger partial charge in [0.05, 0.1) is 54.7 Å². The molecule has 2 aromatic rings. The number of nitrogens with two attached hydrogens (primary N) is 1. The summed E-state index contributed by atoms with van der Waals surface area (Å²) < 4.78 is 62.8. The molecule has 0 aromatic carbocycles. The number of hydrogen-bond acceptors (Lipinski definition) is 7. The van der Waals surface area contributed by atoms with Crippen molar-refractivity contribution in [2.24, 2.45) is 17.1 Å². The van der Waals surface area contributed by atoms with Crippen molar-refractivity contribution in [3.8, 4) is 6.07 Å². The number of rotatable bonds is 9. The van der Waals surface area contributed by atoms with Crippen LogP contribution in [0.5, 0.6) is 0 Å². The molecule has 9 nitrogen and oxygen atoms in total. The van der Waals surface area contributed by atoms with Gasteiger partial charge in [-0.15, -0.1) is 0 Å². The second-order valence-electron chi connectivity index (χ2n) is 12.1. The van der Waals surface area contributed by atoms with Crippen LogP contribution in [-0.2, 0) is 4.74 Å². The zero-order valence-corrected chi connectivity index (χ0v) is 23.0. The van der Waals surface area contributed by atoms with Crippen LogP contribution in [-0.4, -0.2) is 51.2 Å². The fourth-order valence-corrected chi connectivity index (χ4v) is 5.46. The monoisotopic (exact) mass is 567 g/mol. The summed E-state index contributed by atoms with van der Waals surface area (Å²) in [6, 6.07) is 2.56. The lowest BCUT2D eigenvalue weighted by Crippen LogP contribution is -2.47. The van der Waals surface area contributed by atoms with Crippen molar-refractivity contribution >= 4 is 11.7 Å². The van der Waals surface area contributed by atoms with E-state index in [2.05, 4.69) is 26.8 Å². The molecule has 2 aromatic heterocycles. The van der Waals surface area contributed by atoms with Gasteiger partial charge in [0.25, 0.3) is 5.92 Å². The second kappa shape index (κ2) is 11.1. The Labute approximate surface area is 230 Å². The Kier molecular flexibility index (Phi) is 8.34. The number of carbonyl (C=O) groups excluding carboxylic acids is 1. The minimum Gasteiger partial charge on any atom is -0.444 e. The molecule has 2 fully saturated rings. The molecule has 0 aliphatic heterocycles. The van der Waals surface area contributed by atoms with Crippen LogP contribution in [0.25, 0.3) is 5.65 Å². The number of ether oxygens (including phenoxy) is 1. The quantitative estimate of drug-likeness (QED) is 0.362. The highest BCUT2D eigenvalue weighted by molar-refractivity contribution is 5.68. The Morgan fingerprint density at radius 3 is 2.50 bits per heavy atom. The third kappa shape index (κ3) is 6.83. The van der Waals surface area contributed by atoms with Crippen LogP contribution in [0.2, 0.25) is 0 Å². The minimum absolute atomic E-state index is 0.187. The lowest BCUT2D eigenvalue weighted by Gasteiger charge is -2.43. The molecule has 2 atom stereocenters. The van der Waals surface area contributed by atoms with Crippen LogP contribution >= 0.6 is 0 Å². The van der Waals surface area contributed by atoms with E-state index >= 15 is 0 Å². The van der Waals surface area contributed by atoms with Gasteiger partial charge in [-0.3, -0.25) is 0 Å². The lowest BCUT2D eigenvalue weighted by atomic mass is 9.63. The number of nitriles is 1. The summed E-state index contributed by atoms with van der Waals surface area (Å²) in [4.78, 5) is 17.3. The average molecular weight is 568 g/mol. The Bertz CT molecular complexity index is 1240. The van der Waals surface area contributed by atoms with Gasteiger partial charge in [0, 0.05) is 12.8 Å². The topological polar surface area (TPSA) is 130 Å². The Hall–Kier alpha value is -2.98. The first kappa shape index (κ1) is 30.0. The molecule has 2 aliphatic carbocycles. The highest BCUT2D eigenvalue weighted by Gasteiger charge is 2.47. The van der Waals surface area contributed by atoms with Crippen molar-refractivity contribution in [2.45, 2.75) is 95.2 Å². The fraction of sp³-hybridized carbons (Fsp3) is 0.704. The zero-order valence-electron chi connectivity index (χ0n) is 23.0. The summed E-state index contributed by atoms with van der Waals surface area (Å²) in [7, 11) is 0. The summed E-state index contributed by atoms with van der Waals surface area (Å²) in [6.07, 6.45) is 4.12. The summed E-state index contributed by atoms with van der Waals surface area (Å²) >= 11 is 0. The number of fused-ring (bicyclic) bond motifs is 1. The average Bonchev–Trinajstić information content (AvgIpc) is 3.26. The molecular weight excluding hydrogens is 530 g/mol. The van der Waals surface area contributed by atoms with Gasteiger partial charge in [0.15, 0.2) is 5.65 Å². The highest BCUT2D eigenvalue weighted by Crippen LogP contribution is 2.50. The first-order valence-electron chi connectivity index (χ1n) is 13.6. The molecule has 4 rings (SSSR count). The molecule has 40 heavy (non-hydrogen) atoms. The van der Waals surface area contributed by atoms with Crippen molar-refractivity contribution in [3.63, 3.8) is 0 Å². The zero-order chi connectivity index (χ0) is 29.3. The first-order chi connectivity index (χ1) is 18.7. The highest BCUT2D eigenvalue weighted by atomic mass is 19.3. The van der Waals surface area contributed by atoms with Crippen LogP contribution < -0.4 is 16.4 Å². The van der Waals surface area contributed by atoms with Gasteiger partial charge in [-0.1, -0.05) is 6.42 Å². The molecule has 4 N–H and O–H groups in total. The molecule has 1 amide bonds. The van der Waals surface area contributed by atoms with Gasteiger partial charge in [0.1, 0.15) is 5.60 Å². The normalized spacial score (nSPS) is 20.8. The Morgan fingerprint density at radius 1 is 1.27 bits per heavy atom. The second-order valence-corrected chi connectivity index (χ2v) is 12.1. The van der Waals surface area contributed by atoms with E-state index in [0.717, 1.165) is 6.42 Å². The molecule has 2 heterocycles. The number of nitrogens with zero attached hydrogens (tertiary/aromatic N) is 4. The predicted octanol–water partition coefficient (Wildman–Crippen LogP) is 5.04. The molecule has 0 bridgehead atoms. The van der Waals surface area contributed by atoms with E-state index < -0.39 is 54.1 Å². The van der Waals surface area contributed by atoms with E-state index in [9.17, 15) is 27.6 Å². The third-order valence-corrected chi connectivity index (χ3v) is 7.80. The van der Waals surface area contributed by atoms with Gasteiger partial charge < -0.3 is 21.1 Å². The number of aromatic nitrogens is 3. The summed E-state index contributed by atoms with van der Waals surface area (Å²) in [5.74, 6) is -6.20. The molecule has 0 unspecified atom stereocenters. The lowest BCUT2D eigenvalue weighted by molar-refractivity contribution is -0.0500. The van der Waals surface area contributed by atoms with Crippen molar-refractivity contribution in [1.29, 1.82) is 5.26 Å². The standard InChI is InChI=1S/C27H37F4N7O2/c1-24(2,3)40-23(39)37-21(17-5-9-26(28,29)10-6-17)19-13-38-20(36-19)11-18(12-35-38)22(25(14-32)7-4-8-25)34-16-27(30,31)15-33/h11-13,17,21-22,34H,4-10,15-16,33H2,1-3H3,(H,37,39)/t21-,22-/m0/s1. The molecule has 0 spiro atoms. The maximum atomic E-state index is 14.0. The van der Waals surface area contributed by atoms with E-state index in [-0.39, 0.29) is 31.6 Å². The summed E-state index contributed by atoms with van der Waals surface area (Å²) in [6.45, 7) is 3.65. The van der Waals surface area contributed by atoms with E-state index in [1.165, 1.54) is 10.7 Å². The van der Waals surface area contributed by atoms with Gasteiger partial charge >= 0.3 is 6.09 Å². The number of halogens is 4. The summed E-state index contributed by atoms with van der Waals surface area (Å²) in [5, 5.41) is 20.0. The van der Waals surface area contributed by atoms with Crippen LogP contribution in [0.1, 0.15) is 89.1 Å². The van der Waals surface area contributed by atoms with Crippen molar-refractivity contribution in [2.75, 3.05) is 13.1 Å². The van der Waals surface area contributed by atoms with E-state index in [4.69, 9.17) is 10.5 Å². The number of hydrogen-bond donors (Lipinski definition) is 3. The number of alkyl carbamates (subject to hydrolysis) is 1. The van der Waals surface area contributed by atoms with Gasteiger partial charge in [-0.25, -0.2) is 31.9 Å². The van der Waals surface area contributed by atoms with Gasteiger partial charge in [-0.05, 0) is 64.0 Å². The smallest absolute Gasteiger partial charge is 0.408 e. The maximum absolute atomic E-state index is 14.0.